The molecular weight excluding hydrogens is 321 g/mol. The lowest BCUT2D eigenvalue weighted by Gasteiger charge is -2.23. The molecule has 1 amide bonds. The number of carbonyl (C=O) groups excluding carboxylic acids is 1. The normalized spacial score (nSPS) is 16.8. The lowest BCUT2D eigenvalue weighted by atomic mass is 10.1. The van der Waals surface area contributed by atoms with Gasteiger partial charge in [0.25, 0.3) is 5.91 Å². The van der Waals surface area contributed by atoms with Gasteiger partial charge < -0.3 is 14.6 Å². The molecule has 1 aromatic heterocycles. The molecule has 1 unspecified atom stereocenters. The number of anilines is 1. The highest BCUT2D eigenvalue weighted by atomic mass is 35.5. The van der Waals surface area contributed by atoms with Gasteiger partial charge >= 0.3 is 0 Å². The second-order valence-electron chi connectivity index (χ2n) is 5.59. The zero-order chi connectivity index (χ0) is 16.6. The molecule has 1 atom stereocenters. The Balaban J connectivity index is 1.91. The molecular formula is C16H17ClFN3O2. The molecule has 0 fully saturated rings. The standard InChI is InChI=1S/C16H17ClFN3O2/c1-9-4-3-5-15-19-8-13(21(9)15)16(22)20-12-7-11(18)10(17)6-14(12)23-2/h6-9H,3-5H2,1-2H3,(H,20,22). The summed E-state index contributed by atoms with van der Waals surface area (Å²) >= 11 is 5.73. The highest BCUT2D eigenvalue weighted by Gasteiger charge is 2.24. The summed E-state index contributed by atoms with van der Waals surface area (Å²) in [5.74, 6) is 0.239. The number of methoxy groups -OCH3 is 1. The van der Waals surface area contributed by atoms with Crippen LogP contribution in [0.15, 0.2) is 18.3 Å². The smallest absolute Gasteiger partial charge is 0.274 e. The van der Waals surface area contributed by atoms with Gasteiger partial charge in [-0.1, -0.05) is 11.6 Å². The molecule has 0 aliphatic carbocycles. The van der Waals surface area contributed by atoms with Gasteiger partial charge in [-0.25, -0.2) is 9.37 Å². The Morgan fingerprint density at radius 1 is 1.52 bits per heavy atom. The molecule has 0 saturated heterocycles. The van der Waals surface area contributed by atoms with Crippen molar-refractivity contribution in [1.29, 1.82) is 0 Å². The van der Waals surface area contributed by atoms with Crippen molar-refractivity contribution in [3.05, 3.63) is 40.7 Å². The van der Waals surface area contributed by atoms with Crippen molar-refractivity contribution in [2.45, 2.75) is 32.2 Å². The minimum Gasteiger partial charge on any atom is -0.495 e. The lowest BCUT2D eigenvalue weighted by Crippen LogP contribution is -2.23. The minimum absolute atomic E-state index is 0.0600. The summed E-state index contributed by atoms with van der Waals surface area (Å²) in [5.41, 5.74) is 0.697. The number of halogens is 2. The van der Waals surface area contributed by atoms with Crippen LogP contribution in [0.3, 0.4) is 0 Å². The van der Waals surface area contributed by atoms with E-state index in [2.05, 4.69) is 17.2 Å². The maximum absolute atomic E-state index is 13.7. The topological polar surface area (TPSA) is 56.1 Å². The van der Waals surface area contributed by atoms with Crippen molar-refractivity contribution in [2.24, 2.45) is 0 Å². The Bertz CT molecular complexity index is 760. The molecule has 5 nitrogen and oxygen atoms in total. The number of hydrogen-bond donors (Lipinski definition) is 1. The number of carbonyl (C=O) groups is 1. The number of benzene rings is 1. The molecule has 0 saturated carbocycles. The Hall–Kier alpha value is -2.08. The van der Waals surface area contributed by atoms with Crippen molar-refractivity contribution in [3.63, 3.8) is 0 Å². The third kappa shape index (κ3) is 2.91. The zero-order valence-electron chi connectivity index (χ0n) is 12.9. The van der Waals surface area contributed by atoms with Crippen LogP contribution in [0, 0.1) is 5.82 Å². The summed E-state index contributed by atoms with van der Waals surface area (Å²) in [6.07, 6.45) is 4.49. The SMILES string of the molecule is COc1cc(Cl)c(F)cc1NC(=O)c1cnc2n1C(C)CCC2. The molecule has 23 heavy (non-hydrogen) atoms. The third-order valence-electron chi connectivity index (χ3n) is 4.06. The Morgan fingerprint density at radius 2 is 2.30 bits per heavy atom. The van der Waals surface area contributed by atoms with Crippen molar-refractivity contribution in [3.8, 4) is 5.75 Å². The average molecular weight is 338 g/mol. The number of imidazole rings is 1. The van der Waals surface area contributed by atoms with E-state index in [9.17, 15) is 9.18 Å². The second-order valence-corrected chi connectivity index (χ2v) is 6.00. The number of aryl methyl sites for hydroxylation is 1. The Morgan fingerprint density at radius 3 is 3.04 bits per heavy atom. The summed E-state index contributed by atoms with van der Waals surface area (Å²) in [6, 6.07) is 2.70. The number of hydrogen-bond acceptors (Lipinski definition) is 3. The molecule has 7 heteroatoms. The number of rotatable bonds is 3. The monoisotopic (exact) mass is 337 g/mol. The number of fused-ring (bicyclic) bond motifs is 1. The van der Waals surface area contributed by atoms with Crippen molar-refractivity contribution >= 4 is 23.2 Å². The molecule has 0 radical (unpaired) electrons. The molecule has 122 valence electrons. The predicted octanol–water partition coefficient (Wildman–Crippen LogP) is 3.83. The molecule has 1 aromatic carbocycles. The van der Waals surface area contributed by atoms with Crippen LogP contribution >= 0.6 is 11.6 Å². The highest BCUT2D eigenvalue weighted by molar-refractivity contribution is 6.31. The number of aromatic nitrogens is 2. The van der Waals surface area contributed by atoms with Gasteiger partial charge in [-0.3, -0.25) is 4.79 Å². The maximum atomic E-state index is 13.7. The number of nitrogens with zero attached hydrogens (tertiary/aromatic N) is 2. The summed E-state index contributed by atoms with van der Waals surface area (Å²) in [6.45, 7) is 2.06. The third-order valence-corrected chi connectivity index (χ3v) is 4.35. The van der Waals surface area contributed by atoms with Gasteiger partial charge in [0.15, 0.2) is 0 Å². The van der Waals surface area contributed by atoms with Crippen LogP contribution in [0.25, 0.3) is 0 Å². The number of ether oxygens (including phenoxy) is 1. The van der Waals surface area contributed by atoms with E-state index in [4.69, 9.17) is 16.3 Å². The van der Waals surface area contributed by atoms with E-state index in [1.54, 1.807) is 6.20 Å². The van der Waals surface area contributed by atoms with Crippen LogP contribution in [0.5, 0.6) is 5.75 Å². The van der Waals surface area contributed by atoms with E-state index in [-0.39, 0.29) is 22.7 Å². The molecule has 3 rings (SSSR count). The van der Waals surface area contributed by atoms with Crippen LogP contribution in [0.4, 0.5) is 10.1 Å². The van der Waals surface area contributed by atoms with Crippen LogP contribution in [-0.2, 0) is 6.42 Å². The first-order valence-corrected chi connectivity index (χ1v) is 7.79. The first-order chi connectivity index (χ1) is 11.0. The minimum atomic E-state index is -0.619. The van der Waals surface area contributed by atoms with E-state index in [0.29, 0.717) is 11.4 Å². The summed E-state index contributed by atoms with van der Waals surface area (Å²) in [5, 5.41) is 2.62. The summed E-state index contributed by atoms with van der Waals surface area (Å²) in [7, 11) is 1.43. The summed E-state index contributed by atoms with van der Waals surface area (Å²) < 4.78 is 20.8. The van der Waals surface area contributed by atoms with Crippen LogP contribution in [0.2, 0.25) is 5.02 Å². The Labute approximate surface area is 138 Å². The van der Waals surface area contributed by atoms with Crippen molar-refractivity contribution in [1.82, 2.24) is 9.55 Å². The highest BCUT2D eigenvalue weighted by Crippen LogP contribution is 2.31. The van der Waals surface area contributed by atoms with Gasteiger partial charge in [0.2, 0.25) is 0 Å². The summed E-state index contributed by atoms with van der Waals surface area (Å²) in [4.78, 5) is 16.9. The molecule has 2 aromatic rings. The maximum Gasteiger partial charge on any atom is 0.274 e. The molecule has 1 aliphatic rings. The predicted molar refractivity (Wildman–Crippen MR) is 85.8 cm³/mol. The fourth-order valence-electron chi connectivity index (χ4n) is 2.91. The van der Waals surface area contributed by atoms with E-state index in [0.717, 1.165) is 31.2 Å². The van der Waals surface area contributed by atoms with E-state index >= 15 is 0 Å². The second kappa shape index (κ2) is 6.20. The van der Waals surface area contributed by atoms with E-state index < -0.39 is 5.82 Å². The van der Waals surface area contributed by atoms with Gasteiger partial charge in [-0.05, 0) is 19.8 Å². The molecule has 1 N–H and O–H groups in total. The Kier molecular flexibility index (Phi) is 4.26. The molecule has 2 heterocycles. The van der Waals surface area contributed by atoms with E-state index in [1.807, 2.05) is 4.57 Å². The van der Waals surface area contributed by atoms with E-state index in [1.165, 1.54) is 13.2 Å². The van der Waals surface area contributed by atoms with Gasteiger partial charge in [0.1, 0.15) is 23.1 Å². The average Bonchev–Trinajstić information content (AvgIpc) is 2.96. The first-order valence-electron chi connectivity index (χ1n) is 7.41. The van der Waals surface area contributed by atoms with Crippen LogP contribution < -0.4 is 10.1 Å². The van der Waals surface area contributed by atoms with Gasteiger partial charge in [0, 0.05) is 24.6 Å². The number of amides is 1. The van der Waals surface area contributed by atoms with Gasteiger partial charge in [-0.2, -0.15) is 0 Å². The van der Waals surface area contributed by atoms with Crippen molar-refractivity contribution in [2.75, 3.05) is 12.4 Å². The fourth-order valence-corrected chi connectivity index (χ4v) is 3.06. The zero-order valence-corrected chi connectivity index (χ0v) is 13.7. The molecule has 0 spiro atoms. The van der Waals surface area contributed by atoms with Gasteiger partial charge in [-0.15, -0.1) is 0 Å². The van der Waals surface area contributed by atoms with Crippen LogP contribution in [-0.4, -0.2) is 22.6 Å². The molecule has 0 bridgehead atoms. The quantitative estimate of drug-likeness (QED) is 0.926. The molecule has 1 aliphatic heterocycles. The fraction of sp³-hybridized carbons (Fsp3) is 0.375. The first kappa shape index (κ1) is 15.8. The van der Waals surface area contributed by atoms with Crippen LogP contribution in [0.1, 0.15) is 42.1 Å². The van der Waals surface area contributed by atoms with Crippen molar-refractivity contribution < 1.29 is 13.9 Å². The largest absolute Gasteiger partial charge is 0.495 e. The van der Waals surface area contributed by atoms with Gasteiger partial charge in [0.05, 0.1) is 24.0 Å². The lowest BCUT2D eigenvalue weighted by molar-refractivity contribution is 0.101. The number of nitrogens with one attached hydrogen (secondary N) is 1.